The van der Waals surface area contributed by atoms with E-state index < -0.39 is 35.6 Å². The second-order valence-corrected chi connectivity index (χ2v) is 9.75. The summed E-state index contributed by atoms with van der Waals surface area (Å²) in [6, 6.07) is -0.816. The van der Waals surface area contributed by atoms with E-state index in [0.29, 0.717) is 25.8 Å². The van der Waals surface area contributed by atoms with Crippen LogP contribution in [-0.4, -0.2) is 76.2 Å². The lowest BCUT2D eigenvalue weighted by Crippen LogP contribution is -2.57. The molecule has 0 aromatic heterocycles. The summed E-state index contributed by atoms with van der Waals surface area (Å²) in [6.07, 6.45) is 2.88. The van der Waals surface area contributed by atoms with Crippen molar-refractivity contribution < 1.29 is 29.0 Å². The molecule has 0 radical (unpaired) electrons. The van der Waals surface area contributed by atoms with Crippen molar-refractivity contribution in [1.29, 1.82) is 0 Å². The molecule has 3 fully saturated rings. The van der Waals surface area contributed by atoms with Crippen LogP contribution in [0.4, 0.5) is 0 Å². The van der Waals surface area contributed by atoms with Gasteiger partial charge in [0.05, 0.1) is 24.5 Å². The highest BCUT2D eigenvalue weighted by atomic mass is 79.9. The van der Waals surface area contributed by atoms with Crippen molar-refractivity contribution in [2.45, 2.75) is 81.5 Å². The number of ether oxygens (including phenoxy) is 2. The SMILES string of the molecule is CCCC(C)NC(=O)C1N(CCCCO)C(=O)[C@@H]2[C@@H](C(=O)OCC)[C@@H]3OC12CC3Br. The largest absolute Gasteiger partial charge is 0.466 e. The number of aliphatic hydroxyl groups excluding tert-OH is 1. The lowest BCUT2D eigenvalue weighted by molar-refractivity contribution is -0.154. The third kappa shape index (κ3) is 3.88. The second-order valence-electron chi connectivity index (χ2n) is 8.58. The minimum atomic E-state index is -1.04. The molecule has 3 heterocycles. The van der Waals surface area contributed by atoms with E-state index in [4.69, 9.17) is 14.6 Å². The average Bonchev–Trinajstić information content (AvgIpc) is 3.26. The molecule has 0 aromatic carbocycles. The van der Waals surface area contributed by atoms with Crippen molar-refractivity contribution in [3.63, 3.8) is 0 Å². The molecule has 0 saturated carbocycles. The Morgan fingerprint density at radius 2 is 2.13 bits per heavy atom. The van der Waals surface area contributed by atoms with Crippen LogP contribution in [0.25, 0.3) is 0 Å². The number of rotatable bonds is 10. The molecule has 1 spiro atoms. The number of hydrogen-bond acceptors (Lipinski definition) is 6. The summed E-state index contributed by atoms with van der Waals surface area (Å²) in [7, 11) is 0. The summed E-state index contributed by atoms with van der Waals surface area (Å²) >= 11 is 3.62. The summed E-state index contributed by atoms with van der Waals surface area (Å²) in [5, 5.41) is 12.2. The van der Waals surface area contributed by atoms with Crippen LogP contribution in [0.3, 0.4) is 0 Å². The number of carbonyl (C=O) groups excluding carboxylic acids is 3. The van der Waals surface area contributed by atoms with Gasteiger partial charge in [-0.3, -0.25) is 14.4 Å². The molecule has 0 aliphatic carbocycles. The molecule has 4 unspecified atom stereocenters. The number of hydrogen-bond donors (Lipinski definition) is 2. The number of esters is 1. The Hall–Kier alpha value is -1.19. The molecule has 30 heavy (non-hydrogen) atoms. The van der Waals surface area contributed by atoms with Crippen LogP contribution in [0.2, 0.25) is 0 Å². The molecule has 3 aliphatic rings. The monoisotopic (exact) mass is 488 g/mol. The molecular weight excluding hydrogens is 456 g/mol. The van der Waals surface area contributed by atoms with E-state index in [9.17, 15) is 14.4 Å². The molecule has 2 bridgehead atoms. The Labute approximate surface area is 186 Å². The van der Waals surface area contributed by atoms with Crippen molar-refractivity contribution in [2.24, 2.45) is 11.8 Å². The minimum absolute atomic E-state index is 0.0217. The first-order valence-corrected chi connectivity index (χ1v) is 11.9. The van der Waals surface area contributed by atoms with Crippen LogP contribution in [0.5, 0.6) is 0 Å². The first kappa shape index (κ1) is 23.5. The predicted molar refractivity (Wildman–Crippen MR) is 113 cm³/mol. The van der Waals surface area contributed by atoms with Gasteiger partial charge >= 0.3 is 5.97 Å². The summed E-state index contributed by atoms with van der Waals surface area (Å²) in [5.74, 6) is -2.34. The van der Waals surface area contributed by atoms with Gasteiger partial charge in [-0.2, -0.15) is 0 Å². The maximum Gasteiger partial charge on any atom is 0.312 e. The molecule has 2 N–H and O–H groups in total. The Morgan fingerprint density at radius 3 is 2.77 bits per heavy atom. The van der Waals surface area contributed by atoms with Gasteiger partial charge in [-0.1, -0.05) is 29.3 Å². The van der Waals surface area contributed by atoms with Crippen LogP contribution in [0, 0.1) is 11.8 Å². The number of halogens is 1. The van der Waals surface area contributed by atoms with E-state index in [0.717, 1.165) is 12.8 Å². The van der Waals surface area contributed by atoms with Gasteiger partial charge in [0, 0.05) is 24.0 Å². The molecular formula is C21H33BrN2O6. The van der Waals surface area contributed by atoms with E-state index in [2.05, 4.69) is 28.2 Å². The van der Waals surface area contributed by atoms with Gasteiger partial charge in [-0.15, -0.1) is 0 Å². The minimum Gasteiger partial charge on any atom is -0.466 e. The van der Waals surface area contributed by atoms with Crippen LogP contribution in [-0.2, 0) is 23.9 Å². The fourth-order valence-corrected chi connectivity index (χ4v) is 6.34. The molecule has 8 nitrogen and oxygen atoms in total. The van der Waals surface area contributed by atoms with Gasteiger partial charge < -0.3 is 24.8 Å². The second kappa shape index (κ2) is 9.53. The fraction of sp³-hybridized carbons (Fsp3) is 0.857. The molecule has 3 rings (SSSR count). The molecule has 2 amide bonds. The number of amides is 2. The zero-order valence-corrected chi connectivity index (χ0v) is 19.5. The Morgan fingerprint density at radius 1 is 1.40 bits per heavy atom. The number of likely N-dealkylation sites (tertiary alicyclic amines) is 1. The molecule has 3 saturated heterocycles. The van der Waals surface area contributed by atoms with Gasteiger partial charge in [0.1, 0.15) is 11.6 Å². The smallest absolute Gasteiger partial charge is 0.312 e. The lowest BCUT2D eigenvalue weighted by atomic mass is 9.70. The number of unbranched alkanes of at least 4 members (excludes halogenated alkanes) is 1. The lowest BCUT2D eigenvalue weighted by Gasteiger charge is -2.34. The summed E-state index contributed by atoms with van der Waals surface area (Å²) < 4.78 is 11.6. The topological polar surface area (TPSA) is 105 Å². The quantitative estimate of drug-likeness (QED) is 0.273. The van der Waals surface area contributed by atoms with Gasteiger partial charge in [0.15, 0.2) is 0 Å². The van der Waals surface area contributed by atoms with Crippen LogP contribution >= 0.6 is 15.9 Å². The first-order valence-electron chi connectivity index (χ1n) is 11.0. The highest BCUT2D eigenvalue weighted by molar-refractivity contribution is 9.09. The normalized spacial score (nSPS) is 35.4. The molecule has 9 heteroatoms. The number of alkyl halides is 1. The Kier molecular flexibility index (Phi) is 7.45. The van der Waals surface area contributed by atoms with Crippen molar-refractivity contribution >= 4 is 33.7 Å². The van der Waals surface area contributed by atoms with Gasteiger partial charge in [-0.25, -0.2) is 0 Å². The highest BCUT2D eigenvalue weighted by Gasteiger charge is 2.76. The highest BCUT2D eigenvalue weighted by Crippen LogP contribution is 2.60. The van der Waals surface area contributed by atoms with Gasteiger partial charge in [0.25, 0.3) is 0 Å². The molecule has 170 valence electrons. The zero-order valence-electron chi connectivity index (χ0n) is 17.9. The van der Waals surface area contributed by atoms with Crippen LogP contribution < -0.4 is 5.32 Å². The molecule has 3 aliphatic heterocycles. The maximum atomic E-state index is 13.5. The number of carbonyl (C=O) groups is 3. The summed E-state index contributed by atoms with van der Waals surface area (Å²) in [4.78, 5) is 41.1. The van der Waals surface area contributed by atoms with Gasteiger partial charge in [-0.05, 0) is 39.5 Å². The first-order chi connectivity index (χ1) is 14.3. The number of aliphatic hydroxyl groups is 1. The van der Waals surface area contributed by atoms with Crippen molar-refractivity contribution in [3.8, 4) is 0 Å². The number of nitrogens with zero attached hydrogens (tertiary/aromatic N) is 1. The number of nitrogens with one attached hydrogen (secondary N) is 1. The zero-order chi connectivity index (χ0) is 22.1. The van der Waals surface area contributed by atoms with E-state index in [1.54, 1.807) is 11.8 Å². The van der Waals surface area contributed by atoms with E-state index in [1.807, 2.05) is 6.92 Å². The fourth-order valence-electron chi connectivity index (χ4n) is 5.40. The predicted octanol–water partition coefficient (Wildman–Crippen LogP) is 1.37. The third-order valence-corrected chi connectivity index (χ3v) is 7.36. The summed E-state index contributed by atoms with van der Waals surface area (Å²) in [5.41, 5.74) is -1.04. The average molecular weight is 489 g/mol. The van der Waals surface area contributed by atoms with E-state index in [-0.39, 0.29) is 35.9 Å². The Bertz CT molecular complexity index is 676. The van der Waals surface area contributed by atoms with Crippen LogP contribution in [0.15, 0.2) is 0 Å². The standard InChI is InChI=1S/C21H33BrN2O6/c1-4-8-12(3)23-18(26)17-21-11-13(22)16(30-21)14(20(28)29-5-2)15(21)19(27)24(17)9-6-7-10-25/h12-17,25H,4-11H2,1-3H3,(H,23,26)/t12?,13?,14-,15+,16-,17?,21?/m1/s1. The van der Waals surface area contributed by atoms with Crippen molar-refractivity contribution in [1.82, 2.24) is 10.2 Å². The van der Waals surface area contributed by atoms with E-state index >= 15 is 0 Å². The van der Waals surface area contributed by atoms with Crippen molar-refractivity contribution in [3.05, 3.63) is 0 Å². The van der Waals surface area contributed by atoms with E-state index in [1.165, 1.54) is 0 Å². The number of fused-ring (bicyclic) bond motifs is 1. The van der Waals surface area contributed by atoms with Gasteiger partial charge in [0.2, 0.25) is 11.8 Å². The van der Waals surface area contributed by atoms with Crippen molar-refractivity contribution in [2.75, 3.05) is 19.8 Å². The van der Waals surface area contributed by atoms with Crippen LogP contribution in [0.1, 0.15) is 52.9 Å². The molecule has 7 atom stereocenters. The Balaban J connectivity index is 1.94. The maximum absolute atomic E-state index is 13.5. The third-order valence-electron chi connectivity index (χ3n) is 6.51. The summed E-state index contributed by atoms with van der Waals surface area (Å²) in [6.45, 7) is 6.32. The molecule has 0 aromatic rings.